The zero-order valence-electron chi connectivity index (χ0n) is 9.88. The molecule has 0 unspecified atom stereocenters. The Morgan fingerprint density at radius 1 is 1.56 bits per heavy atom. The van der Waals surface area contributed by atoms with Crippen LogP contribution >= 0.6 is 0 Å². The van der Waals surface area contributed by atoms with E-state index in [0.29, 0.717) is 24.5 Å². The van der Waals surface area contributed by atoms with Crippen LogP contribution in [-0.4, -0.2) is 48.7 Å². The average Bonchev–Trinajstić information content (AvgIpc) is 2.48. The molecule has 1 aromatic rings. The number of carbonyl (C=O) groups excluding carboxylic acids is 1. The first-order chi connectivity index (χ1) is 8.59. The molecule has 1 heterocycles. The highest BCUT2D eigenvalue weighted by Crippen LogP contribution is 2.33. The topological polar surface area (TPSA) is 76.1 Å². The lowest BCUT2D eigenvalue weighted by Crippen LogP contribution is -2.27. The zero-order valence-corrected chi connectivity index (χ0v) is 9.88. The van der Waals surface area contributed by atoms with Gasteiger partial charge < -0.3 is 19.5 Å². The lowest BCUT2D eigenvalue weighted by atomic mass is 10.1. The molecule has 0 saturated heterocycles. The Morgan fingerprint density at radius 3 is 3.06 bits per heavy atom. The van der Waals surface area contributed by atoms with Crippen LogP contribution in [-0.2, 0) is 4.79 Å². The fraction of sp³-hybridized carbons (Fsp3) is 0.333. The maximum Gasteiger partial charge on any atom is 0.341 e. The van der Waals surface area contributed by atoms with Crippen LogP contribution in [0.5, 0.6) is 11.5 Å². The number of para-hydroxylation sites is 1. The van der Waals surface area contributed by atoms with Gasteiger partial charge in [0.05, 0.1) is 12.1 Å². The molecule has 0 spiro atoms. The van der Waals surface area contributed by atoms with Crippen molar-refractivity contribution < 1.29 is 24.2 Å². The second-order valence-corrected chi connectivity index (χ2v) is 3.89. The number of likely N-dealkylation sites (N-methyl/N-ethyl adjacent to an activating group) is 1. The molecule has 18 heavy (non-hydrogen) atoms. The number of carbonyl (C=O) groups is 2. The van der Waals surface area contributed by atoms with E-state index in [1.165, 1.54) is 0 Å². The van der Waals surface area contributed by atoms with Crippen molar-refractivity contribution in [2.24, 2.45) is 0 Å². The van der Waals surface area contributed by atoms with E-state index in [9.17, 15) is 9.59 Å². The predicted molar refractivity (Wildman–Crippen MR) is 62.0 cm³/mol. The van der Waals surface area contributed by atoms with Gasteiger partial charge in [-0.3, -0.25) is 4.79 Å². The Labute approximate surface area is 104 Å². The van der Waals surface area contributed by atoms with Crippen molar-refractivity contribution in [3.8, 4) is 11.5 Å². The fourth-order valence-corrected chi connectivity index (χ4v) is 1.68. The van der Waals surface area contributed by atoms with Crippen molar-refractivity contribution in [3.63, 3.8) is 0 Å². The SMILES string of the molecule is CN1CCOc2c(OCC(=O)O)cccc2C1=O. The van der Waals surface area contributed by atoms with Gasteiger partial charge in [-0.15, -0.1) is 0 Å². The lowest BCUT2D eigenvalue weighted by molar-refractivity contribution is -0.139. The molecule has 6 heteroatoms. The molecular formula is C12H13NO5. The Balaban J connectivity index is 2.34. The maximum atomic E-state index is 12.0. The summed E-state index contributed by atoms with van der Waals surface area (Å²) in [5, 5.41) is 8.59. The number of hydrogen-bond acceptors (Lipinski definition) is 4. The number of rotatable bonds is 3. The maximum absolute atomic E-state index is 12.0. The Hall–Kier alpha value is -2.24. The van der Waals surface area contributed by atoms with Crippen molar-refractivity contribution >= 4 is 11.9 Å². The number of carboxylic acid groups (broad SMARTS) is 1. The standard InChI is InChI=1S/C12H13NO5/c1-13-5-6-17-11-8(12(13)16)3-2-4-9(11)18-7-10(14)15/h2-4H,5-7H2,1H3,(H,14,15). The molecule has 6 nitrogen and oxygen atoms in total. The molecule has 0 atom stereocenters. The third-order valence-corrected chi connectivity index (χ3v) is 2.58. The van der Waals surface area contributed by atoms with Crippen LogP contribution in [0.15, 0.2) is 18.2 Å². The van der Waals surface area contributed by atoms with Gasteiger partial charge in [0.15, 0.2) is 18.1 Å². The van der Waals surface area contributed by atoms with Gasteiger partial charge in [0.2, 0.25) is 0 Å². The van der Waals surface area contributed by atoms with E-state index in [4.69, 9.17) is 14.6 Å². The molecule has 0 aromatic heterocycles. The summed E-state index contributed by atoms with van der Waals surface area (Å²) >= 11 is 0. The van der Waals surface area contributed by atoms with E-state index in [0.717, 1.165) is 0 Å². The highest BCUT2D eigenvalue weighted by atomic mass is 16.5. The summed E-state index contributed by atoms with van der Waals surface area (Å²) in [6.07, 6.45) is 0. The van der Waals surface area contributed by atoms with Crippen LogP contribution in [0.1, 0.15) is 10.4 Å². The number of hydrogen-bond donors (Lipinski definition) is 1. The van der Waals surface area contributed by atoms with Crippen molar-refractivity contribution in [1.82, 2.24) is 4.90 Å². The average molecular weight is 251 g/mol. The normalized spacial score (nSPS) is 14.5. The molecule has 0 bridgehead atoms. The number of carboxylic acids is 1. The molecule has 1 aliphatic heterocycles. The van der Waals surface area contributed by atoms with Crippen LogP contribution in [0.25, 0.3) is 0 Å². The molecule has 0 aliphatic carbocycles. The zero-order chi connectivity index (χ0) is 13.1. The second-order valence-electron chi connectivity index (χ2n) is 3.89. The molecule has 0 fully saturated rings. The predicted octanol–water partition coefficient (Wildman–Crippen LogP) is 0.614. The van der Waals surface area contributed by atoms with Gasteiger partial charge in [0.1, 0.15) is 6.61 Å². The molecule has 1 aliphatic rings. The summed E-state index contributed by atoms with van der Waals surface area (Å²) in [4.78, 5) is 24.0. The summed E-state index contributed by atoms with van der Waals surface area (Å²) in [6.45, 7) is 0.360. The van der Waals surface area contributed by atoms with Crippen LogP contribution < -0.4 is 9.47 Å². The summed E-state index contributed by atoms with van der Waals surface area (Å²) in [7, 11) is 1.69. The third-order valence-electron chi connectivity index (χ3n) is 2.58. The number of fused-ring (bicyclic) bond motifs is 1. The second kappa shape index (κ2) is 4.95. The van der Waals surface area contributed by atoms with Crippen LogP contribution in [0.4, 0.5) is 0 Å². The first kappa shape index (κ1) is 12.2. The van der Waals surface area contributed by atoms with Crippen molar-refractivity contribution in [3.05, 3.63) is 23.8 Å². The lowest BCUT2D eigenvalue weighted by Gasteiger charge is -2.13. The highest BCUT2D eigenvalue weighted by Gasteiger charge is 2.23. The van der Waals surface area contributed by atoms with Gasteiger partial charge in [-0.25, -0.2) is 4.79 Å². The minimum Gasteiger partial charge on any atom is -0.487 e. The fourth-order valence-electron chi connectivity index (χ4n) is 1.68. The number of aliphatic carboxylic acids is 1. The first-order valence-electron chi connectivity index (χ1n) is 5.45. The van der Waals surface area contributed by atoms with Gasteiger partial charge in [-0.05, 0) is 12.1 Å². The monoisotopic (exact) mass is 251 g/mol. The molecule has 1 amide bonds. The highest BCUT2D eigenvalue weighted by molar-refractivity contribution is 5.98. The number of benzene rings is 1. The first-order valence-corrected chi connectivity index (χ1v) is 5.45. The molecule has 96 valence electrons. The van der Waals surface area contributed by atoms with Crippen LogP contribution in [0.2, 0.25) is 0 Å². The summed E-state index contributed by atoms with van der Waals surface area (Å²) in [6, 6.07) is 4.85. The Morgan fingerprint density at radius 2 is 2.33 bits per heavy atom. The molecule has 2 rings (SSSR count). The van der Waals surface area contributed by atoms with Gasteiger partial charge in [-0.2, -0.15) is 0 Å². The molecule has 1 N–H and O–H groups in total. The van der Waals surface area contributed by atoms with E-state index in [2.05, 4.69) is 0 Å². The minimum absolute atomic E-state index is 0.164. The molecule has 0 saturated carbocycles. The van der Waals surface area contributed by atoms with E-state index in [1.54, 1.807) is 30.1 Å². The van der Waals surface area contributed by atoms with E-state index in [1.807, 2.05) is 0 Å². The van der Waals surface area contributed by atoms with E-state index >= 15 is 0 Å². The quantitative estimate of drug-likeness (QED) is 0.852. The number of ether oxygens (including phenoxy) is 2. The summed E-state index contributed by atoms with van der Waals surface area (Å²) in [5.74, 6) is -0.653. The van der Waals surface area contributed by atoms with E-state index in [-0.39, 0.29) is 11.7 Å². The summed E-state index contributed by atoms with van der Waals surface area (Å²) < 4.78 is 10.6. The molecule has 0 radical (unpaired) electrons. The minimum atomic E-state index is -1.08. The van der Waals surface area contributed by atoms with Crippen molar-refractivity contribution in [2.45, 2.75) is 0 Å². The molecular weight excluding hydrogens is 238 g/mol. The van der Waals surface area contributed by atoms with E-state index < -0.39 is 12.6 Å². The van der Waals surface area contributed by atoms with Gasteiger partial charge >= 0.3 is 5.97 Å². The summed E-state index contributed by atoms with van der Waals surface area (Å²) in [5.41, 5.74) is 0.387. The Kier molecular flexibility index (Phi) is 3.36. The van der Waals surface area contributed by atoms with Gasteiger partial charge in [0, 0.05) is 7.05 Å². The smallest absolute Gasteiger partial charge is 0.341 e. The largest absolute Gasteiger partial charge is 0.487 e. The number of amides is 1. The Bertz CT molecular complexity index is 485. The van der Waals surface area contributed by atoms with Gasteiger partial charge in [0.25, 0.3) is 5.91 Å². The number of nitrogens with zero attached hydrogens (tertiary/aromatic N) is 1. The van der Waals surface area contributed by atoms with Crippen LogP contribution in [0.3, 0.4) is 0 Å². The van der Waals surface area contributed by atoms with Crippen molar-refractivity contribution in [1.29, 1.82) is 0 Å². The third kappa shape index (κ3) is 2.37. The van der Waals surface area contributed by atoms with Gasteiger partial charge in [-0.1, -0.05) is 6.07 Å². The van der Waals surface area contributed by atoms with Crippen LogP contribution in [0, 0.1) is 0 Å². The molecule has 1 aromatic carbocycles. The van der Waals surface area contributed by atoms with Crippen molar-refractivity contribution in [2.75, 3.05) is 26.8 Å².